The number of hydrazone groups is 1. The SMILES string of the molecule is CCCOc1c(OCC)cc(/C=N\NC(=O)Cc2ccccc2)cc1[N+](=O)[O-]. The van der Waals surface area contributed by atoms with Gasteiger partial charge in [0, 0.05) is 11.6 Å². The summed E-state index contributed by atoms with van der Waals surface area (Å²) in [5, 5.41) is 15.3. The molecule has 8 nitrogen and oxygen atoms in total. The van der Waals surface area contributed by atoms with Crippen LogP contribution in [0.2, 0.25) is 0 Å². The first-order chi connectivity index (χ1) is 13.5. The summed E-state index contributed by atoms with van der Waals surface area (Å²) in [7, 11) is 0. The zero-order valence-electron chi connectivity index (χ0n) is 15.9. The van der Waals surface area contributed by atoms with Gasteiger partial charge >= 0.3 is 5.69 Å². The van der Waals surface area contributed by atoms with Crippen molar-refractivity contribution in [1.29, 1.82) is 0 Å². The minimum atomic E-state index is -0.529. The summed E-state index contributed by atoms with van der Waals surface area (Å²) in [4.78, 5) is 22.8. The van der Waals surface area contributed by atoms with Crippen LogP contribution in [0.3, 0.4) is 0 Å². The summed E-state index contributed by atoms with van der Waals surface area (Å²) in [5.41, 5.74) is 3.48. The van der Waals surface area contributed by atoms with Gasteiger partial charge in [0.1, 0.15) is 0 Å². The average Bonchev–Trinajstić information content (AvgIpc) is 2.67. The van der Waals surface area contributed by atoms with Crippen molar-refractivity contribution in [2.45, 2.75) is 26.7 Å². The van der Waals surface area contributed by atoms with E-state index in [-0.39, 0.29) is 29.5 Å². The lowest BCUT2D eigenvalue weighted by atomic mass is 10.1. The monoisotopic (exact) mass is 385 g/mol. The van der Waals surface area contributed by atoms with Crippen molar-refractivity contribution < 1.29 is 19.2 Å². The normalized spacial score (nSPS) is 10.6. The van der Waals surface area contributed by atoms with E-state index in [0.29, 0.717) is 25.2 Å². The lowest BCUT2D eigenvalue weighted by Crippen LogP contribution is -2.19. The number of rotatable bonds is 10. The van der Waals surface area contributed by atoms with E-state index in [2.05, 4.69) is 10.5 Å². The van der Waals surface area contributed by atoms with E-state index >= 15 is 0 Å². The van der Waals surface area contributed by atoms with E-state index in [9.17, 15) is 14.9 Å². The zero-order chi connectivity index (χ0) is 20.4. The summed E-state index contributed by atoms with van der Waals surface area (Å²) in [6, 6.07) is 12.2. The Hall–Kier alpha value is -3.42. The summed E-state index contributed by atoms with van der Waals surface area (Å²) >= 11 is 0. The highest BCUT2D eigenvalue weighted by molar-refractivity contribution is 5.85. The van der Waals surface area contributed by atoms with Gasteiger partial charge in [0.05, 0.1) is 30.8 Å². The summed E-state index contributed by atoms with van der Waals surface area (Å²) in [5.74, 6) is 0.0751. The minimum Gasteiger partial charge on any atom is -0.490 e. The quantitative estimate of drug-likeness (QED) is 0.383. The first kappa shape index (κ1) is 20.9. The van der Waals surface area contributed by atoms with Gasteiger partial charge in [-0.05, 0) is 25.0 Å². The van der Waals surface area contributed by atoms with Crippen LogP contribution in [0.5, 0.6) is 11.5 Å². The highest BCUT2D eigenvalue weighted by atomic mass is 16.6. The largest absolute Gasteiger partial charge is 0.490 e. The number of nitrogens with one attached hydrogen (secondary N) is 1. The molecule has 28 heavy (non-hydrogen) atoms. The number of carbonyl (C=O) groups is 1. The topological polar surface area (TPSA) is 103 Å². The Bertz CT molecular complexity index is 837. The van der Waals surface area contributed by atoms with Crippen molar-refractivity contribution in [1.82, 2.24) is 5.43 Å². The van der Waals surface area contributed by atoms with Gasteiger partial charge in [-0.25, -0.2) is 5.43 Å². The summed E-state index contributed by atoms with van der Waals surface area (Å²) < 4.78 is 11.0. The first-order valence-corrected chi connectivity index (χ1v) is 8.99. The molecule has 2 aromatic rings. The van der Waals surface area contributed by atoms with Gasteiger partial charge in [-0.1, -0.05) is 37.3 Å². The summed E-state index contributed by atoms with van der Waals surface area (Å²) in [6.07, 6.45) is 2.23. The third kappa shape index (κ3) is 6.08. The number of nitro benzene ring substituents is 1. The third-order valence-electron chi connectivity index (χ3n) is 3.62. The molecule has 0 fully saturated rings. The Balaban J connectivity index is 2.16. The van der Waals surface area contributed by atoms with Crippen LogP contribution in [-0.2, 0) is 11.2 Å². The second-order valence-electron chi connectivity index (χ2n) is 5.86. The molecule has 2 rings (SSSR count). The molecule has 1 amide bonds. The van der Waals surface area contributed by atoms with Crippen molar-refractivity contribution >= 4 is 17.8 Å². The molecule has 2 aromatic carbocycles. The maximum atomic E-state index is 11.9. The number of amides is 1. The molecular weight excluding hydrogens is 362 g/mol. The second kappa shape index (κ2) is 10.7. The zero-order valence-corrected chi connectivity index (χ0v) is 15.9. The minimum absolute atomic E-state index is 0.0963. The fraction of sp³-hybridized carbons (Fsp3) is 0.300. The number of hydrogen-bond acceptors (Lipinski definition) is 6. The molecule has 0 spiro atoms. The number of hydrogen-bond donors (Lipinski definition) is 1. The Morgan fingerprint density at radius 2 is 1.96 bits per heavy atom. The van der Waals surface area contributed by atoms with Crippen LogP contribution in [0.25, 0.3) is 0 Å². The molecule has 1 N–H and O–H groups in total. The number of nitrogens with zero attached hydrogens (tertiary/aromatic N) is 2. The molecule has 0 saturated carbocycles. The maximum absolute atomic E-state index is 11.9. The molecule has 0 atom stereocenters. The lowest BCUT2D eigenvalue weighted by molar-refractivity contribution is -0.386. The predicted molar refractivity (Wildman–Crippen MR) is 106 cm³/mol. The molecule has 0 aliphatic heterocycles. The Labute approximate surface area is 163 Å². The molecule has 0 heterocycles. The van der Waals surface area contributed by atoms with E-state index in [1.165, 1.54) is 12.3 Å². The van der Waals surface area contributed by atoms with E-state index in [4.69, 9.17) is 9.47 Å². The standard InChI is InChI=1S/C20H23N3O5/c1-3-10-28-20-17(23(25)26)11-16(12-18(20)27-4-2)14-21-22-19(24)13-15-8-6-5-7-9-15/h5-9,11-12,14H,3-4,10,13H2,1-2H3,(H,22,24)/b21-14-. The van der Waals surface area contributed by atoms with Crippen molar-refractivity contribution in [3.05, 3.63) is 63.7 Å². The number of carbonyl (C=O) groups excluding carboxylic acids is 1. The molecular formula is C20H23N3O5. The number of ether oxygens (including phenoxy) is 2. The molecule has 8 heteroatoms. The Morgan fingerprint density at radius 3 is 2.61 bits per heavy atom. The van der Waals surface area contributed by atoms with Crippen LogP contribution in [0.4, 0.5) is 5.69 Å². The molecule has 0 bridgehead atoms. The van der Waals surface area contributed by atoms with Gasteiger partial charge in [0.15, 0.2) is 5.75 Å². The van der Waals surface area contributed by atoms with Crippen molar-refractivity contribution in [2.75, 3.05) is 13.2 Å². The fourth-order valence-corrected chi connectivity index (χ4v) is 2.43. The van der Waals surface area contributed by atoms with Crippen molar-refractivity contribution in [2.24, 2.45) is 5.10 Å². The van der Waals surface area contributed by atoms with Crippen LogP contribution < -0.4 is 14.9 Å². The van der Waals surface area contributed by atoms with Gasteiger partial charge < -0.3 is 9.47 Å². The second-order valence-corrected chi connectivity index (χ2v) is 5.86. The molecule has 0 saturated heterocycles. The Morgan fingerprint density at radius 1 is 1.21 bits per heavy atom. The third-order valence-corrected chi connectivity index (χ3v) is 3.62. The van der Waals surface area contributed by atoms with Crippen LogP contribution in [0.1, 0.15) is 31.4 Å². The van der Waals surface area contributed by atoms with Gasteiger partial charge in [-0.3, -0.25) is 14.9 Å². The Kier molecular flexibility index (Phi) is 7.95. The van der Waals surface area contributed by atoms with Crippen molar-refractivity contribution in [3.8, 4) is 11.5 Å². The highest BCUT2D eigenvalue weighted by Crippen LogP contribution is 2.38. The van der Waals surface area contributed by atoms with E-state index in [0.717, 1.165) is 5.56 Å². The first-order valence-electron chi connectivity index (χ1n) is 8.99. The lowest BCUT2D eigenvalue weighted by Gasteiger charge is -2.12. The van der Waals surface area contributed by atoms with Gasteiger partial charge in [-0.15, -0.1) is 0 Å². The number of nitro groups is 1. The van der Waals surface area contributed by atoms with Crippen molar-refractivity contribution in [3.63, 3.8) is 0 Å². The van der Waals surface area contributed by atoms with E-state index in [1.807, 2.05) is 37.3 Å². The molecule has 148 valence electrons. The molecule has 0 unspecified atom stereocenters. The fourth-order valence-electron chi connectivity index (χ4n) is 2.43. The van der Waals surface area contributed by atoms with Gasteiger partial charge in [-0.2, -0.15) is 5.10 Å². The highest BCUT2D eigenvalue weighted by Gasteiger charge is 2.22. The summed E-state index contributed by atoms with van der Waals surface area (Å²) in [6.45, 7) is 4.35. The maximum Gasteiger partial charge on any atom is 0.315 e. The molecule has 0 aromatic heterocycles. The smallest absolute Gasteiger partial charge is 0.315 e. The average molecular weight is 385 g/mol. The van der Waals surface area contributed by atoms with Gasteiger partial charge in [0.2, 0.25) is 11.7 Å². The van der Waals surface area contributed by atoms with Crippen LogP contribution in [0, 0.1) is 10.1 Å². The predicted octanol–water partition coefficient (Wildman–Crippen LogP) is 3.48. The van der Waals surface area contributed by atoms with E-state index < -0.39 is 4.92 Å². The van der Waals surface area contributed by atoms with Crippen LogP contribution in [-0.4, -0.2) is 30.3 Å². The molecule has 0 radical (unpaired) electrons. The van der Waals surface area contributed by atoms with Crippen LogP contribution >= 0.6 is 0 Å². The van der Waals surface area contributed by atoms with Crippen LogP contribution in [0.15, 0.2) is 47.6 Å². The molecule has 0 aliphatic carbocycles. The molecule has 0 aliphatic rings. The van der Waals surface area contributed by atoms with E-state index in [1.54, 1.807) is 13.0 Å². The van der Waals surface area contributed by atoms with Gasteiger partial charge in [0.25, 0.3) is 0 Å². The number of benzene rings is 2.